The summed E-state index contributed by atoms with van der Waals surface area (Å²) in [6.45, 7) is 7.81. The Balaban J connectivity index is 0.000000791. The molecule has 0 amide bonds. The maximum absolute atomic E-state index is 10.8. The summed E-state index contributed by atoms with van der Waals surface area (Å²) >= 11 is 0. The first-order valence-corrected chi connectivity index (χ1v) is 7.12. The van der Waals surface area contributed by atoms with E-state index < -0.39 is 9.84 Å². The highest BCUT2D eigenvalue weighted by Crippen LogP contribution is 1.96. The lowest BCUT2D eigenvalue weighted by atomic mass is 10.4. The molecule has 0 N–H and O–H groups in total. The average molecular weight is 223 g/mol. The molecule has 0 aromatic carbocycles. The standard InChI is InChI=1S/C7H15NO3S.C2H6/c1-12(9,10)7-4-8-2-5-11-6-3-8;1-2/h2-7H2,1H3;1-2H3. The van der Waals surface area contributed by atoms with Gasteiger partial charge in [0.1, 0.15) is 9.84 Å². The lowest BCUT2D eigenvalue weighted by Gasteiger charge is -2.25. The molecule has 0 saturated carbocycles. The number of sulfone groups is 1. The molecule has 1 fully saturated rings. The van der Waals surface area contributed by atoms with E-state index in [9.17, 15) is 8.42 Å². The van der Waals surface area contributed by atoms with Crippen molar-refractivity contribution in [3.8, 4) is 0 Å². The molecule has 0 spiro atoms. The van der Waals surface area contributed by atoms with Crippen LogP contribution < -0.4 is 0 Å². The summed E-state index contributed by atoms with van der Waals surface area (Å²) in [7, 11) is -2.81. The maximum Gasteiger partial charge on any atom is 0.148 e. The largest absolute Gasteiger partial charge is 0.379 e. The molecule has 1 aliphatic rings. The first-order chi connectivity index (χ1) is 6.58. The first kappa shape index (κ1) is 13.9. The number of hydrogen-bond acceptors (Lipinski definition) is 4. The monoisotopic (exact) mass is 223 g/mol. The van der Waals surface area contributed by atoms with E-state index in [1.165, 1.54) is 6.26 Å². The van der Waals surface area contributed by atoms with Crippen LogP contribution in [0.1, 0.15) is 13.8 Å². The Hall–Kier alpha value is -0.130. The summed E-state index contributed by atoms with van der Waals surface area (Å²) in [5.41, 5.74) is 0. The maximum atomic E-state index is 10.8. The molecule has 0 aromatic heterocycles. The van der Waals surface area contributed by atoms with Crippen molar-refractivity contribution < 1.29 is 13.2 Å². The fourth-order valence-corrected chi connectivity index (χ4v) is 1.71. The number of rotatable bonds is 3. The van der Waals surface area contributed by atoms with E-state index in [0.717, 1.165) is 26.3 Å². The van der Waals surface area contributed by atoms with Crippen LogP contribution in [0.4, 0.5) is 0 Å². The molecule has 1 rings (SSSR count). The van der Waals surface area contributed by atoms with Crippen molar-refractivity contribution in [1.29, 1.82) is 0 Å². The van der Waals surface area contributed by atoms with Gasteiger partial charge in [0.2, 0.25) is 0 Å². The Morgan fingerprint density at radius 1 is 1.21 bits per heavy atom. The van der Waals surface area contributed by atoms with Crippen molar-refractivity contribution in [2.24, 2.45) is 0 Å². The molecule has 0 bridgehead atoms. The Labute approximate surface area is 87.2 Å². The van der Waals surface area contributed by atoms with Crippen LogP contribution in [0.2, 0.25) is 0 Å². The van der Waals surface area contributed by atoms with Gasteiger partial charge in [-0.25, -0.2) is 8.42 Å². The second-order valence-electron chi connectivity index (χ2n) is 3.08. The molecule has 0 atom stereocenters. The molecule has 0 aromatic rings. The van der Waals surface area contributed by atoms with E-state index in [2.05, 4.69) is 4.90 Å². The molecule has 5 heteroatoms. The minimum absolute atomic E-state index is 0.257. The molecular weight excluding hydrogens is 202 g/mol. The van der Waals surface area contributed by atoms with Crippen molar-refractivity contribution in [1.82, 2.24) is 4.90 Å². The molecular formula is C9H21NO3S. The summed E-state index contributed by atoms with van der Waals surface area (Å²) < 4.78 is 26.8. The highest BCUT2D eigenvalue weighted by molar-refractivity contribution is 7.90. The highest BCUT2D eigenvalue weighted by Gasteiger charge is 2.12. The SMILES string of the molecule is CC.CS(=O)(=O)CCN1CCOCC1. The van der Waals surface area contributed by atoms with Crippen LogP contribution in [0.3, 0.4) is 0 Å². The normalized spacial score (nSPS) is 18.5. The Kier molecular flexibility index (Phi) is 7.13. The second-order valence-corrected chi connectivity index (χ2v) is 5.34. The quantitative estimate of drug-likeness (QED) is 0.694. The number of ether oxygens (including phenoxy) is 1. The van der Waals surface area contributed by atoms with Crippen LogP contribution in [0, 0.1) is 0 Å². The zero-order chi connectivity index (χ0) is 11.0. The van der Waals surface area contributed by atoms with Crippen LogP contribution in [-0.2, 0) is 14.6 Å². The highest BCUT2D eigenvalue weighted by atomic mass is 32.2. The summed E-state index contributed by atoms with van der Waals surface area (Å²) in [6, 6.07) is 0. The molecule has 14 heavy (non-hydrogen) atoms. The minimum atomic E-state index is -2.81. The first-order valence-electron chi connectivity index (χ1n) is 5.06. The van der Waals surface area contributed by atoms with Gasteiger partial charge in [0.15, 0.2) is 0 Å². The van der Waals surface area contributed by atoms with Gasteiger partial charge in [-0.15, -0.1) is 0 Å². The smallest absolute Gasteiger partial charge is 0.148 e. The van der Waals surface area contributed by atoms with Gasteiger partial charge in [-0.05, 0) is 0 Å². The van der Waals surface area contributed by atoms with Gasteiger partial charge in [0.25, 0.3) is 0 Å². The van der Waals surface area contributed by atoms with Gasteiger partial charge >= 0.3 is 0 Å². The average Bonchev–Trinajstić information content (AvgIpc) is 2.19. The molecule has 86 valence electrons. The summed E-state index contributed by atoms with van der Waals surface area (Å²) in [6.07, 6.45) is 1.27. The Morgan fingerprint density at radius 2 is 1.71 bits per heavy atom. The van der Waals surface area contributed by atoms with Crippen LogP contribution in [0.25, 0.3) is 0 Å². The van der Waals surface area contributed by atoms with E-state index in [1.807, 2.05) is 13.8 Å². The fraction of sp³-hybridized carbons (Fsp3) is 1.00. The van der Waals surface area contributed by atoms with Crippen LogP contribution in [-0.4, -0.2) is 58.2 Å². The molecule has 0 radical (unpaired) electrons. The van der Waals surface area contributed by atoms with Crippen molar-refractivity contribution in [3.05, 3.63) is 0 Å². The third kappa shape index (κ3) is 7.29. The minimum Gasteiger partial charge on any atom is -0.379 e. The number of morpholine rings is 1. The van der Waals surface area contributed by atoms with Crippen LogP contribution >= 0.6 is 0 Å². The number of nitrogens with zero attached hydrogens (tertiary/aromatic N) is 1. The van der Waals surface area contributed by atoms with Gasteiger partial charge in [-0.3, -0.25) is 4.90 Å². The lowest BCUT2D eigenvalue weighted by Crippen LogP contribution is -2.38. The molecule has 0 unspecified atom stereocenters. The van der Waals surface area contributed by atoms with Gasteiger partial charge < -0.3 is 4.74 Å². The Morgan fingerprint density at radius 3 is 2.14 bits per heavy atom. The Bertz CT molecular complexity index is 220. The van der Waals surface area contributed by atoms with Crippen molar-refractivity contribution >= 4 is 9.84 Å². The van der Waals surface area contributed by atoms with E-state index in [1.54, 1.807) is 0 Å². The second kappa shape index (κ2) is 7.20. The molecule has 1 aliphatic heterocycles. The van der Waals surface area contributed by atoms with Gasteiger partial charge in [0, 0.05) is 25.9 Å². The third-order valence-corrected chi connectivity index (χ3v) is 2.81. The molecule has 1 heterocycles. The predicted octanol–water partition coefficient (Wildman–Crippen LogP) is 0.389. The topological polar surface area (TPSA) is 46.6 Å². The lowest BCUT2D eigenvalue weighted by molar-refractivity contribution is 0.0408. The zero-order valence-corrected chi connectivity index (χ0v) is 10.1. The van der Waals surface area contributed by atoms with Crippen molar-refractivity contribution in [2.75, 3.05) is 44.9 Å². The van der Waals surface area contributed by atoms with Crippen LogP contribution in [0.5, 0.6) is 0 Å². The van der Waals surface area contributed by atoms with E-state index in [4.69, 9.17) is 4.74 Å². The van der Waals surface area contributed by atoms with Crippen LogP contribution in [0.15, 0.2) is 0 Å². The summed E-state index contributed by atoms with van der Waals surface area (Å²) in [5.74, 6) is 0.257. The molecule has 1 saturated heterocycles. The predicted molar refractivity (Wildman–Crippen MR) is 58.3 cm³/mol. The van der Waals surface area contributed by atoms with E-state index in [0.29, 0.717) is 6.54 Å². The van der Waals surface area contributed by atoms with Gasteiger partial charge in [-0.1, -0.05) is 13.8 Å². The fourth-order valence-electron chi connectivity index (χ4n) is 1.12. The molecule has 4 nitrogen and oxygen atoms in total. The van der Waals surface area contributed by atoms with Crippen molar-refractivity contribution in [3.63, 3.8) is 0 Å². The molecule has 0 aliphatic carbocycles. The van der Waals surface area contributed by atoms with Gasteiger partial charge in [0.05, 0.1) is 19.0 Å². The third-order valence-electron chi connectivity index (χ3n) is 1.88. The van der Waals surface area contributed by atoms with Gasteiger partial charge in [-0.2, -0.15) is 0 Å². The van der Waals surface area contributed by atoms with Crippen molar-refractivity contribution in [2.45, 2.75) is 13.8 Å². The number of hydrogen-bond donors (Lipinski definition) is 0. The summed E-state index contributed by atoms with van der Waals surface area (Å²) in [5, 5.41) is 0. The summed E-state index contributed by atoms with van der Waals surface area (Å²) in [4.78, 5) is 2.12. The van der Waals surface area contributed by atoms with E-state index in [-0.39, 0.29) is 5.75 Å². The van der Waals surface area contributed by atoms with E-state index >= 15 is 0 Å². The zero-order valence-electron chi connectivity index (χ0n) is 9.32.